The number of carbonyl (C=O) groups excluding carboxylic acids is 4. The molecule has 1 saturated heterocycles. The minimum absolute atomic E-state index is 0.0359. The highest BCUT2D eigenvalue weighted by molar-refractivity contribution is 6.23. The Morgan fingerprint density at radius 1 is 1.03 bits per heavy atom. The number of rotatable bonds is 8. The highest BCUT2D eigenvalue weighted by Crippen LogP contribution is 2.28. The van der Waals surface area contributed by atoms with Crippen molar-refractivity contribution in [3.63, 3.8) is 0 Å². The number of nitrogens with zero attached hydrogens (tertiary/aromatic N) is 2. The molecule has 2 aromatic rings. The molecule has 1 unspecified atom stereocenters. The van der Waals surface area contributed by atoms with Crippen LogP contribution in [0, 0.1) is 0 Å². The summed E-state index contributed by atoms with van der Waals surface area (Å²) in [5.74, 6) is -1.07. The van der Waals surface area contributed by atoms with Crippen molar-refractivity contribution in [2.45, 2.75) is 57.9 Å². The molecule has 35 heavy (non-hydrogen) atoms. The second-order valence-electron chi connectivity index (χ2n) is 9.12. The molecule has 0 spiro atoms. The number of anilines is 2. The molecular weight excluding hydrogens is 442 g/mol. The minimum atomic E-state index is -0.821. The maximum Gasteiger partial charge on any atom is 0.257 e. The lowest BCUT2D eigenvalue weighted by Gasteiger charge is -2.29. The third kappa shape index (κ3) is 6.04. The molecule has 1 heterocycles. The third-order valence-electron chi connectivity index (χ3n) is 6.52. The van der Waals surface area contributed by atoms with E-state index >= 15 is 0 Å². The van der Waals surface area contributed by atoms with E-state index in [0.29, 0.717) is 24.3 Å². The summed E-state index contributed by atoms with van der Waals surface area (Å²) in [5.41, 5.74) is 3.21. The molecule has 1 atom stereocenters. The lowest BCUT2D eigenvalue weighted by molar-refractivity contribution is -0.137. The van der Waals surface area contributed by atoms with Gasteiger partial charge in [-0.15, -0.1) is 0 Å². The van der Waals surface area contributed by atoms with E-state index in [4.69, 9.17) is 0 Å². The van der Waals surface area contributed by atoms with Gasteiger partial charge in [0.2, 0.25) is 17.7 Å². The molecule has 4 rings (SSSR count). The summed E-state index contributed by atoms with van der Waals surface area (Å²) in [6.07, 6.45) is 7.51. The van der Waals surface area contributed by atoms with E-state index in [1.807, 2.05) is 30.3 Å². The van der Waals surface area contributed by atoms with Crippen LogP contribution in [0.15, 0.2) is 66.2 Å². The fraction of sp³-hybridized carbons (Fsp3) is 0.357. The molecule has 1 aliphatic carbocycles. The Balaban J connectivity index is 1.54. The molecule has 1 aliphatic heterocycles. The molecule has 0 radical (unpaired) electrons. The molecule has 7 heteroatoms. The van der Waals surface area contributed by atoms with Crippen LogP contribution < -0.4 is 10.2 Å². The third-order valence-corrected chi connectivity index (χ3v) is 6.52. The van der Waals surface area contributed by atoms with Gasteiger partial charge < -0.3 is 10.2 Å². The zero-order valence-corrected chi connectivity index (χ0v) is 20.0. The summed E-state index contributed by atoms with van der Waals surface area (Å²) in [7, 11) is 0. The average molecular weight is 474 g/mol. The molecule has 4 amide bonds. The van der Waals surface area contributed by atoms with E-state index in [1.54, 1.807) is 29.2 Å². The van der Waals surface area contributed by atoms with Gasteiger partial charge in [0.25, 0.3) is 5.91 Å². The standard InChI is InChI=1S/C28H31N3O4/c1-20(32)29-23-12-14-24(15-13-23)31-27(34)19-25(28(31)35)30(17-16-21-8-4-2-5-9-21)26(33)18-22-10-6-3-7-11-22/h3,6-8,10-15,25H,2,4-5,9,16-19H2,1H3,(H,29,32). The van der Waals surface area contributed by atoms with Gasteiger partial charge >= 0.3 is 0 Å². The first-order valence-electron chi connectivity index (χ1n) is 12.2. The largest absolute Gasteiger partial charge is 0.329 e. The first-order valence-corrected chi connectivity index (χ1v) is 12.2. The van der Waals surface area contributed by atoms with E-state index in [9.17, 15) is 19.2 Å². The topological polar surface area (TPSA) is 86.8 Å². The molecule has 182 valence electrons. The second-order valence-corrected chi connectivity index (χ2v) is 9.12. The Bertz CT molecular complexity index is 1120. The van der Waals surface area contributed by atoms with E-state index in [2.05, 4.69) is 11.4 Å². The molecule has 0 bridgehead atoms. The van der Waals surface area contributed by atoms with E-state index < -0.39 is 6.04 Å². The molecular formula is C28H31N3O4. The smallest absolute Gasteiger partial charge is 0.257 e. The van der Waals surface area contributed by atoms with Gasteiger partial charge in [0.1, 0.15) is 6.04 Å². The lowest BCUT2D eigenvalue weighted by atomic mass is 9.96. The molecule has 7 nitrogen and oxygen atoms in total. The quantitative estimate of drug-likeness (QED) is 0.459. The number of carbonyl (C=O) groups is 4. The lowest BCUT2D eigenvalue weighted by Crippen LogP contribution is -2.46. The summed E-state index contributed by atoms with van der Waals surface area (Å²) in [6, 6.07) is 15.2. The van der Waals surface area contributed by atoms with Crippen LogP contribution in [-0.4, -0.2) is 41.1 Å². The van der Waals surface area contributed by atoms with Gasteiger partial charge in [-0.1, -0.05) is 42.0 Å². The Morgan fingerprint density at radius 2 is 1.77 bits per heavy atom. The van der Waals surface area contributed by atoms with E-state index in [-0.39, 0.29) is 36.5 Å². The van der Waals surface area contributed by atoms with Crippen molar-refractivity contribution in [1.29, 1.82) is 0 Å². The Morgan fingerprint density at radius 3 is 2.43 bits per heavy atom. The van der Waals surface area contributed by atoms with Crippen molar-refractivity contribution < 1.29 is 19.2 Å². The number of allylic oxidation sites excluding steroid dienone is 1. The zero-order valence-electron chi connectivity index (χ0n) is 20.0. The van der Waals surface area contributed by atoms with Crippen LogP contribution in [0.4, 0.5) is 11.4 Å². The van der Waals surface area contributed by atoms with Gasteiger partial charge in [-0.2, -0.15) is 0 Å². The van der Waals surface area contributed by atoms with E-state index in [0.717, 1.165) is 29.7 Å². The highest BCUT2D eigenvalue weighted by atomic mass is 16.2. The van der Waals surface area contributed by atoms with Gasteiger partial charge in [0.05, 0.1) is 18.5 Å². The van der Waals surface area contributed by atoms with Crippen LogP contribution in [-0.2, 0) is 25.6 Å². The van der Waals surface area contributed by atoms with Gasteiger partial charge in [-0.05, 0) is 61.9 Å². The summed E-state index contributed by atoms with van der Waals surface area (Å²) in [6.45, 7) is 1.83. The number of hydrogen-bond donors (Lipinski definition) is 1. The molecule has 2 aromatic carbocycles. The number of hydrogen-bond acceptors (Lipinski definition) is 4. The summed E-state index contributed by atoms with van der Waals surface area (Å²) >= 11 is 0. The van der Waals surface area contributed by atoms with Crippen LogP contribution in [0.25, 0.3) is 0 Å². The normalized spacial score (nSPS) is 17.8. The minimum Gasteiger partial charge on any atom is -0.329 e. The number of nitrogens with one attached hydrogen (secondary N) is 1. The van der Waals surface area contributed by atoms with Crippen LogP contribution in [0.1, 0.15) is 51.0 Å². The number of amides is 4. The molecule has 0 saturated carbocycles. The average Bonchev–Trinajstić information content (AvgIpc) is 3.14. The summed E-state index contributed by atoms with van der Waals surface area (Å²) in [4.78, 5) is 53.8. The Labute approximate surface area is 205 Å². The van der Waals surface area contributed by atoms with Crippen LogP contribution >= 0.6 is 0 Å². The predicted octanol–water partition coefficient (Wildman–Crippen LogP) is 4.24. The van der Waals surface area contributed by atoms with Crippen LogP contribution in [0.2, 0.25) is 0 Å². The zero-order chi connectivity index (χ0) is 24.8. The maximum atomic E-state index is 13.5. The highest BCUT2D eigenvalue weighted by Gasteiger charge is 2.44. The van der Waals surface area contributed by atoms with E-state index in [1.165, 1.54) is 18.9 Å². The Kier molecular flexibility index (Phi) is 7.75. The van der Waals surface area contributed by atoms with Gasteiger partial charge in [-0.3, -0.25) is 19.2 Å². The number of benzene rings is 2. The predicted molar refractivity (Wildman–Crippen MR) is 135 cm³/mol. The second kappa shape index (κ2) is 11.1. The fourth-order valence-electron chi connectivity index (χ4n) is 4.75. The molecule has 1 fully saturated rings. The monoisotopic (exact) mass is 473 g/mol. The van der Waals surface area contributed by atoms with Crippen LogP contribution in [0.3, 0.4) is 0 Å². The maximum absolute atomic E-state index is 13.5. The fourth-order valence-corrected chi connectivity index (χ4v) is 4.75. The molecule has 2 aliphatic rings. The first kappa shape index (κ1) is 24.4. The van der Waals surface area contributed by atoms with Gasteiger partial charge in [0.15, 0.2) is 0 Å². The molecule has 0 aromatic heterocycles. The summed E-state index contributed by atoms with van der Waals surface area (Å²) in [5, 5.41) is 2.67. The van der Waals surface area contributed by atoms with Gasteiger partial charge in [0, 0.05) is 19.2 Å². The van der Waals surface area contributed by atoms with Crippen molar-refractivity contribution in [3.05, 3.63) is 71.8 Å². The SMILES string of the molecule is CC(=O)Nc1ccc(N2C(=O)CC(N(CCC3=CCCCC3)C(=O)Cc3ccccc3)C2=O)cc1. The molecule has 1 N–H and O–H groups in total. The van der Waals surface area contributed by atoms with Crippen molar-refractivity contribution in [1.82, 2.24) is 4.90 Å². The van der Waals surface area contributed by atoms with Crippen molar-refractivity contribution in [2.24, 2.45) is 0 Å². The summed E-state index contributed by atoms with van der Waals surface area (Å²) < 4.78 is 0. The number of imide groups is 1. The van der Waals surface area contributed by atoms with Crippen molar-refractivity contribution in [2.75, 3.05) is 16.8 Å². The van der Waals surface area contributed by atoms with Crippen molar-refractivity contribution in [3.8, 4) is 0 Å². The van der Waals surface area contributed by atoms with Crippen LogP contribution in [0.5, 0.6) is 0 Å². The Hall–Kier alpha value is -3.74. The van der Waals surface area contributed by atoms with Crippen molar-refractivity contribution >= 4 is 35.0 Å². The first-order chi connectivity index (χ1) is 16.9. The van der Waals surface area contributed by atoms with Gasteiger partial charge in [-0.25, -0.2) is 4.90 Å².